The molecule has 0 amide bonds. The van der Waals surface area contributed by atoms with E-state index in [0.717, 1.165) is 25.9 Å². The van der Waals surface area contributed by atoms with Crippen LogP contribution in [0.1, 0.15) is 32.1 Å². The summed E-state index contributed by atoms with van der Waals surface area (Å²) in [6, 6.07) is 0. The minimum atomic E-state index is 0.764. The second-order valence-corrected chi connectivity index (χ2v) is 2.70. The van der Waals surface area contributed by atoms with E-state index in [1.807, 2.05) is 0 Å². The van der Waals surface area contributed by atoms with Crippen molar-refractivity contribution in [3.8, 4) is 0 Å². The molecule has 0 bridgehead atoms. The first-order valence-electron chi connectivity index (χ1n) is 3.82. The molecule has 9 heavy (non-hydrogen) atoms. The van der Waals surface area contributed by atoms with E-state index in [2.05, 4.69) is 0 Å². The van der Waals surface area contributed by atoms with Crippen molar-refractivity contribution in [2.24, 2.45) is 0 Å². The smallest absolute Gasteiger partial charge is 0.0528 e. The van der Waals surface area contributed by atoms with Gasteiger partial charge >= 0.3 is 0 Å². The molecule has 1 aliphatic rings. The van der Waals surface area contributed by atoms with Crippen LogP contribution in [0.15, 0.2) is 0 Å². The van der Waals surface area contributed by atoms with Gasteiger partial charge in [-0.3, -0.25) is 0 Å². The predicted octanol–water partition coefficient (Wildman–Crippen LogP) is 1.73. The second-order valence-electron chi connectivity index (χ2n) is 2.70. The van der Waals surface area contributed by atoms with Crippen LogP contribution >= 0.6 is 0 Å². The van der Waals surface area contributed by atoms with Crippen LogP contribution in [0.4, 0.5) is 0 Å². The Labute approximate surface area is 55.8 Å². The van der Waals surface area contributed by atoms with Crippen molar-refractivity contribution in [1.82, 2.24) is 0 Å². The largest absolute Gasteiger partial charge is 0.192 e. The predicted molar refractivity (Wildman–Crippen MR) is 36.4 cm³/mol. The Morgan fingerprint density at radius 1 is 0.778 bits per heavy atom. The topological polar surface area (TPSA) is 20.1 Å². The zero-order chi connectivity index (χ0) is 6.53. The lowest BCUT2D eigenvalue weighted by atomic mass is 10.1. The van der Waals surface area contributed by atoms with E-state index in [0.29, 0.717) is 0 Å². The molecule has 0 saturated carbocycles. The molecule has 1 fully saturated rings. The van der Waals surface area contributed by atoms with Crippen LogP contribution < -0.4 is 0 Å². The molecule has 0 aliphatic carbocycles. The summed E-state index contributed by atoms with van der Waals surface area (Å²) in [5.74, 6) is 0. The lowest BCUT2D eigenvalue weighted by Crippen LogP contribution is -2.13. The number of nitrogens with zero attached hydrogens (tertiary/aromatic N) is 1. The minimum absolute atomic E-state index is 0.764. The molecule has 0 unspecified atom stereocenters. The van der Waals surface area contributed by atoms with Crippen LogP contribution in [0.3, 0.4) is 0 Å². The van der Waals surface area contributed by atoms with E-state index >= 15 is 0 Å². The third kappa shape index (κ3) is 2.59. The summed E-state index contributed by atoms with van der Waals surface area (Å²) in [7, 11) is 0. The number of hydrogen-bond acceptors (Lipinski definition) is 1. The normalized spacial score (nSPS) is 22.9. The quantitative estimate of drug-likeness (QED) is 0.455. The van der Waals surface area contributed by atoms with Gasteiger partial charge in [0.2, 0.25) is 0 Å². The number of rotatable bonds is 0. The maximum absolute atomic E-state index is 10.8. The summed E-state index contributed by atoms with van der Waals surface area (Å²) in [4.78, 5) is 10.8. The molecule has 1 rings (SSSR count). The van der Waals surface area contributed by atoms with E-state index in [-0.39, 0.29) is 0 Å². The summed E-state index contributed by atoms with van der Waals surface area (Å²) in [6.07, 6.45) is 6.03. The highest BCUT2D eigenvalue weighted by atomic mass is 16.3. The Morgan fingerprint density at radius 2 is 1.22 bits per heavy atom. The van der Waals surface area contributed by atoms with Crippen LogP contribution in [0.25, 0.3) is 0 Å². The summed E-state index contributed by atoms with van der Waals surface area (Å²) in [5, 5.41) is 0. The molecule has 0 atom stereocenters. The first-order valence-corrected chi connectivity index (χ1v) is 3.82. The summed E-state index contributed by atoms with van der Waals surface area (Å²) in [6.45, 7) is 1.53. The van der Waals surface area contributed by atoms with Crippen molar-refractivity contribution in [2.45, 2.75) is 32.1 Å². The van der Waals surface area contributed by atoms with E-state index < -0.39 is 0 Å². The fourth-order valence-electron chi connectivity index (χ4n) is 1.22. The molecular formula is C7H14NO+. The van der Waals surface area contributed by atoms with Crippen LogP contribution in [0.5, 0.6) is 0 Å². The van der Waals surface area contributed by atoms with Gasteiger partial charge in [-0.25, -0.2) is 0 Å². The lowest BCUT2D eigenvalue weighted by molar-refractivity contribution is -0.550. The average Bonchev–Trinajstić information content (AvgIpc) is 1.79. The Balaban J connectivity index is 2.20. The standard InChI is InChI=1S/C7H14NO/c9-8-6-4-2-1-3-5-7-8/h1-7H2/q+1. The van der Waals surface area contributed by atoms with Gasteiger partial charge < -0.3 is 0 Å². The summed E-state index contributed by atoms with van der Waals surface area (Å²) in [5.41, 5.74) is 0. The monoisotopic (exact) mass is 128 g/mol. The second kappa shape index (κ2) is 3.59. The van der Waals surface area contributed by atoms with Crippen molar-refractivity contribution in [2.75, 3.05) is 13.1 Å². The Morgan fingerprint density at radius 3 is 1.78 bits per heavy atom. The first kappa shape index (κ1) is 6.72. The van der Waals surface area contributed by atoms with Gasteiger partial charge in [0.1, 0.15) is 0 Å². The van der Waals surface area contributed by atoms with Crippen molar-refractivity contribution in [3.63, 3.8) is 0 Å². The highest BCUT2D eigenvalue weighted by Gasteiger charge is 2.09. The number of nitroso groups, excluding NO2 is 1. The molecule has 1 heterocycles. The van der Waals surface area contributed by atoms with Crippen molar-refractivity contribution >= 4 is 0 Å². The van der Waals surface area contributed by atoms with Gasteiger partial charge in [-0.1, -0.05) is 6.42 Å². The number of hydrogen-bond donors (Lipinski definition) is 0. The zero-order valence-electron chi connectivity index (χ0n) is 5.81. The molecule has 0 aromatic carbocycles. The molecule has 0 radical (unpaired) electrons. The SMILES string of the molecule is O=[N+]1CCCCCCC1. The molecular weight excluding hydrogens is 114 g/mol. The van der Waals surface area contributed by atoms with Gasteiger partial charge in [0.25, 0.3) is 0 Å². The maximum Gasteiger partial charge on any atom is 0.192 e. The Hall–Kier alpha value is -0.400. The third-order valence-corrected chi connectivity index (χ3v) is 1.82. The fourth-order valence-corrected chi connectivity index (χ4v) is 1.22. The highest BCUT2D eigenvalue weighted by molar-refractivity contribution is 4.46. The minimum Gasteiger partial charge on any atom is -0.0528 e. The summed E-state index contributed by atoms with van der Waals surface area (Å²) >= 11 is 0. The van der Waals surface area contributed by atoms with Gasteiger partial charge in [0.15, 0.2) is 13.1 Å². The van der Waals surface area contributed by atoms with E-state index in [1.165, 1.54) is 24.0 Å². The highest BCUT2D eigenvalue weighted by Crippen LogP contribution is 2.06. The van der Waals surface area contributed by atoms with Gasteiger partial charge in [0, 0.05) is 17.7 Å². The van der Waals surface area contributed by atoms with E-state index in [1.54, 1.807) is 0 Å². The molecule has 52 valence electrons. The van der Waals surface area contributed by atoms with Crippen molar-refractivity contribution < 1.29 is 4.76 Å². The van der Waals surface area contributed by atoms with Crippen LogP contribution in [0.2, 0.25) is 0 Å². The van der Waals surface area contributed by atoms with Crippen LogP contribution in [-0.4, -0.2) is 17.8 Å². The van der Waals surface area contributed by atoms with Crippen molar-refractivity contribution in [3.05, 3.63) is 4.91 Å². The molecule has 0 N–H and O–H groups in total. The van der Waals surface area contributed by atoms with Crippen molar-refractivity contribution in [1.29, 1.82) is 0 Å². The Kier molecular flexibility index (Phi) is 2.68. The molecule has 1 saturated heterocycles. The van der Waals surface area contributed by atoms with Crippen LogP contribution in [0, 0.1) is 4.91 Å². The van der Waals surface area contributed by atoms with Gasteiger partial charge in [0.05, 0.1) is 0 Å². The van der Waals surface area contributed by atoms with E-state index in [4.69, 9.17) is 0 Å². The first-order chi connectivity index (χ1) is 4.39. The molecule has 0 spiro atoms. The molecule has 0 aromatic rings. The molecule has 2 nitrogen and oxygen atoms in total. The fraction of sp³-hybridized carbons (Fsp3) is 1.00. The van der Waals surface area contributed by atoms with Gasteiger partial charge in [-0.15, -0.1) is 0 Å². The van der Waals surface area contributed by atoms with Gasteiger partial charge in [-0.2, -0.15) is 0 Å². The Bertz CT molecular complexity index is 91.1. The molecule has 0 aromatic heterocycles. The third-order valence-electron chi connectivity index (χ3n) is 1.82. The van der Waals surface area contributed by atoms with E-state index in [9.17, 15) is 4.91 Å². The van der Waals surface area contributed by atoms with Gasteiger partial charge in [-0.05, 0) is 17.6 Å². The molecule has 1 aliphatic heterocycles. The molecule has 2 heteroatoms. The maximum atomic E-state index is 10.8. The average molecular weight is 128 g/mol. The lowest BCUT2D eigenvalue weighted by Gasteiger charge is -2.00. The summed E-state index contributed by atoms with van der Waals surface area (Å²) < 4.78 is 1.19. The van der Waals surface area contributed by atoms with Crippen LogP contribution in [-0.2, 0) is 0 Å². The zero-order valence-corrected chi connectivity index (χ0v) is 5.81.